The summed E-state index contributed by atoms with van der Waals surface area (Å²) in [4.78, 5) is 30.8. The van der Waals surface area contributed by atoms with Crippen LogP contribution in [-0.4, -0.2) is 36.5 Å². The van der Waals surface area contributed by atoms with Gasteiger partial charge in [-0.15, -0.1) is 0 Å². The summed E-state index contributed by atoms with van der Waals surface area (Å²) in [6, 6.07) is -0.450. The van der Waals surface area contributed by atoms with Crippen molar-refractivity contribution in [1.29, 1.82) is 0 Å². The molecule has 2 amide bonds. The third-order valence-corrected chi connectivity index (χ3v) is 2.60. The molecule has 0 aromatic heterocycles. The minimum absolute atomic E-state index is 0.0288. The maximum Gasteiger partial charge on any atom is 0.430 e. The van der Waals surface area contributed by atoms with Gasteiger partial charge in [0.1, 0.15) is 5.97 Å². The number of alkyl halides is 3. The number of hydrogen-bond donors (Lipinski definition) is 3. The molecule has 0 aromatic carbocycles. The fraction of sp³-hybridized carbons (Fsp3) is 0.700. The maximum atomic E-state index is 11.3. The third-order valence-electron chi connectivity index (χ3n) is 2.60. The lowest BCUT2D eigenvalue weighted by molar-refractivity contribution is -0.406. The van der Waals surface area contributed by atoms with Crippen LogP contribution in [0.15, 0.2) is 0 Å². The van der Waals surface area contributed by atoms with Gasteiger partial charge in [-0.1, -0.05) is 0 Å². The zero-order valence-electron chi connectivity index (χ0n) is 10.5. The zero-order chi connectivity index (χ0) is 15.9. The van der Waals surface area contributed by atoms with Crippen LogP contribution in [-0.2, 0) is 14.4 Å². The minimum Gasteiger partial charge on any atom is -0.542 e. The first kappa shape index (κ1) is 18.2. The van der Waals surface area contributed by atoms with Gasteiger partial charge in [0.25, 0.3) is 5.91 Å². The number of nitrogens with two attached hydrogens (primary N) is 1. The average molecular weight is 299 g/mol. The molecule has 1 aliphatic rings. The minimum atomic E-state index is -5.19. The standard InChI is InChI=1S/C8H15N3O2.C2HF3O2/c9-6(7(10)12)4-5-2-1-3-11-8(5)13;3-2(4,5)1(6)7/h5-6H,1-4,9H2,(H2,10,12)(H,11,13);(H,6,7)/t5-,6-;/m0./s1. The van der Waals surface area contributed by atoms with E-state index in [-0.39, 0.29) is 11.8 Å². The summed E-state index contributed by atoms with van der Waals surface area (Å²) in [5.41, 5.74) is 8.68. The number of amides is 2. The van der Waals surface area contributed by atoms with Gasteiger partial charge in [0, 0.05) is 18.9 Å². The largest absolute Gasteiger partial charge is 0.542 e. The number of carbonyl (C=O) groups excluding carboxylic acids is 3. The van der Waals surface area contributed by atoms with Crippen LogP contribution in [0, 0.1) is 5.92 Å². The lowest BCUT2D eigenvalue weighted by atomic mass is 9.92. The Balaban J connectivity index is 0.000000441. The summed E-state index contributed by atoms with van der Waals surface area (Å²) in [5.74, 6) is -3.49. The Morgan fingerprint density at radius 2 is 2.00 bits per heavy atom. The highest BCUT2D eigenvalue weighted by atomic mass is 19.4. The number of quaternary nitrogens is 1. The summed E-state index contributed by atoms with van der Waals surface area (Å²) in [6.45, 7) is 0.744. The molecule has 0 radical (unpaired) electrons. The summed E-state index contributed by atoms with van der Waals surface area (Å²) in [7, 11) is 0. The lowest BCUT2D eigenvalue weighted by Crippen LogP contribution is -2.67. The van der Waals surface area contributed by atoms with Gasteiger partial charge in [-0.3, -0.25) is 9.59 Å². The predicted molar refractivity (Wildman–Crippen MR) is 57.3 cm³/mol. The van der Waals surface area contributed by atoms with E-state index < -0.39 is 24.1 Å². The van der Waals surface area contributed by atoms with E-state index in [4.69, 9.17) is 15.6 Å². The first-order valence-corrected chi connectivity index (χ1v) is 5.74. The van der Waals surface area contributed by atoms with Gasteiger partial charge in [0.05, 0.1) is 0 Å². The number of hydrogen-bond acceptors (Lipinski definition) is 4. The first-order chi connectivity index (χ1) is 9.05. The quantitative estimate of drug-likeness (QED) is 0.521. The first-order valence-electron chi connectivity index (χ1n) is 5.74. The van der Waals surface area contributed by atoms with E-state index in [2.05, 4.69) is 11.1 Å². The van der Waals surface area contributed by atoms with Gasteiger partial charge in [-0.05, 0) is 12.8 Å². The van der Waals surface area contributed by atoms with Crippen LogP contribution in [0.25, 0.3) is 0 Å². The number of carboxylic acids is 1. The molecule has 0 spiro atoms. The summed E-state index contributed by atoms with van der Waals surface area (Å²) < 4.78 is 31.5. The van der Waals surface area contributed by atoms with Gasteiger partial charge in [0.2, 0.25) is 5.91 Å². The molecular formula is C10H16F3N3O4. The Kier molecular flexibility index (Phi) is 6.97. The van der Waals surface area contributed by atoms with Crippen molar-refractivity contribution in [2.45, 2.75) is 31.5 Å². The molecule has 6 N–H and O–H groups in total. The molecule has 7 nitrogen and oxygen atoms in total. The second kappa shape index (κ2) is 7.68. The molecule has 1 aliphatic heterocycles. The Hall–Kier alpha value is -1.84. The van der Waals surface area contributed by atoms with Crippen molar-refractivity contribution >= 4 is 17.8 Å². The van der Waals surface area contributed by atoms with E-state index in [9.17, 15) is 22.8 Å². The molecule has 0 bridgehead atoms. The molecule has 1 saturated heterocycles. The molecule has 20 heavy (non-hydrogen) atoms. The number of halogens is 3. The molecule has 116 valence electrons. The molecule has 1 heterocycles. The number of carbonyl (C=O) groups is 3. The number of rotatable bonds is 3. The second-order valence-corrected chi connectivity index (χ2v) is 4.25. The van der Waals surface area contributed by atoms with Gasteiger partial charge in [-0.2, -0.15) is 13.2 Å². The zero-order valence-corrected chi connectivity index (χ0v) is 10.5. The molecule has 1 rings (SSSR count). The van der Waals surface area contributed by atoms with Gasteiger partial charge >= 0.3 is 6.18 Å². The Morgan fingerprint density at radius 1 is 1.50 bits per heavy atom. The van der Waals surface area contributed by atoms with Crippen LogP contribution in [0.1, 0.15) is 19.3 Å². The smallest absolute Gasteiger partial charge is 0.430 e. The maximum absolute atomic E-state index is 11.3. The molecule has 2 atom stereocenters. The van der Waals surface area contributed by atoms with E-state index in [0.717, 1.165) is 19.4 Å². The number of piperidine rings is 1. The number of primary amides is 1. The number of carboxylic acid groups (broad SMARTS) is 1. The summed E-state index contributed by atoms with van der Waals surface area (Å²) in [5, 5.41) is 11.5. The molecular weight excluding hydrogens is 283 g/mol. The van der Waals surface area contributed by atoms with Crippen LogP contribution in [0.5, 0.6) is 0 Å². The molecule has 0 aromatic rings. The van der Waals surface area contributed by atoms with Crippen LogP contribution >= 0.6 is 0 Å². The fourth-order valence-electron chi connectivity index (χ4n) is 1.52. The number of aliphatic carboxylic acids is 1. The van der Waals surface area contributed by atoms with Crippen LogP contribution in [0.2, 0.25) is 0 Å². The van der Waals surface area contributed by atoms with Gasteiger partial charge in [-0.25, -0.2) is 0 Å². The van der Waals surface area contributed by atoms with Crippen molar-refractivity contribution in [3.8, 4) is 0 Å². The van der Waals surface area contributed by atoms with E-state index >= 15 is 0 Å². The van der Waals surface area contributed by atoms with Gasteiger partial charge in [0.15, 0.2) is 6.04 Å². The van der Waals surface area contributed by atoms with E-state index in [1.165, 1.54) is 0 Å². The highest BCUT2D eigenvalue weighted by Gasteiger charge is 2.29. The monoisotopic (exact) mass is 299 g/mol. The Bertz CT molecular complexity index is 373. The number of nitrogens with one attached hydrogen (secondary N) is 1. The second-order valence-electron chi connectivity index (χ2n) is 4.25. The molecule has 0 unspecified atom stereocenters. The summed E-state index contributed by atoms with van der Waals surface area (Å²) in [6.07, 6.45) is -2.91. The van der Waals surface area contributed by atoms with Crippen LogP contribution in [0.4, 0.5) is 13.2 Å². The van der Waals surface area contributed by atoms with Crippen molar-refractivity contribution in [2.75, 3.05) is 6.54 Å². The third kappa shape index (κ3) is 6.92. The van der Waals surface area contributed by atoms with Crippen molar-refractivity contribution in [3.63, 3.8) is 0 Å². The summed E-state index contributed by atoms with van der Waals surface area (Å²) >= 11 is 0. The Morgan fingerprint density at radius 3 is 2.35 bits per heavy atom. The SMILES string of the molecule is NC(=O)[C@@H]([NH3+])C[C@@H]1CCCNC1=O.O=C([O-])C(F)(F)F. The lowest BCUT2D eigenvalue weighted by Gasteiger charge is -2.21. The normalized spacial score (nSPS) is 20.2. The van der Waals surface area contributed by atoms with Crippen molar-refractivity contribution in [2.24, 2.45) is 11.7 Å². The van der Waals surface area contributed by atoms with E-state index in [0.29, 0.717) is 6.42 Å². The van der Waals surface area contributed by atoms with Crippen molar-refractivity contribution in [3.05, 3.63) is 0 Å². The van der Waals surface area contributed by atoms with E-state index in [1.54, 1.807) is 0 Å². The van der Waals surface area contributed by atoms with Gasteiger partial charge < -0.3 is 26.7 Å². The van der Waals surface area contributed by atoms with E-state index in [1.807, 2.05) is 0 Å². The Labute approximate surface area is 112 Å². The molecule has 0 saturated carbocycles. The highest BCUT2D eigenvalue weighted by Crippen LogP contribution is 2.15. The molecule has 10 heteroatoms. The van der Waals surface area contributed by atoms with Crippen LogP contribution in [0.3, 0.4) is 0 Å². The topological polar surface area (TPSA) is 140 Å². The van der Waals surface area contributed by atoms with Crippen molar-refractivity contribution in [1.82, 2.24) is 5.32 Å². The molecule has 0 aliphatic carbocycles. The highest BCUT2D eigenvalue weighted by molar-refractivity contribution is 5.82. The predicted octanol–water partition coefficient (Wildman–Crippen LogP) is -2.70. The average Bonchev–Trinajstić information content (AvgIpc) is 2.31. The van der Waals surface area contributed by atoms with Crippen LogP contribution < -0.4 is 21.9 Å². The fourth-order valence-corrected chi connectivity index (χ4v) is 1.52. The molecule has 1 fully saturated rings. The van der Waals surface area contributed by atoms with Crippen molar-refractivity contribution < 1.29 is 38.4 Å².